The molecule has 1 rings (SSSR count). The molecule has 0 aromatic heterocycles. The normalized spacial score (nSPS) is 29.8. The van der Waals surface area contributed by atoms with Gasteiger partial charge in [-0.3, -0.25) is 4.79 Å². The summed E-state index contributed by atoms with van der Waals surface area (Å²) in [6.45, 7) is 0. The Labute approximate surface area is 86.3 Å². The summed E-state index contributed by atoms with van der Waals surface area (Å²) >= 11 is 0. The lowest BCUT2D eigenvalue weighted by atomic mass is 9.60. The SMILES string of the molecule is NC(=O)[B]C1CCCCC(O)CCC1. The van der Waals surface area contributed by atoms with Gasteiger partial charge in [-0.1, -0.05) is 37.9 Å². The van der Waals surface area contributed by atoms with Crippen LogP contribution in [0, 0.1) is 0 Å². The van der Waals surface area contributed by atoms with Crippen molar-refractivity contribution in [1.82, 2.24) is 0 Å². The molecule has 1 amide bonds. The van der Waals surface area contributed by atoms with Crippen LogP contribution in [0.2, 0.25) is 5.82 Å². The number of carbonyl (C=O) groups is 1. The second kappa shape index (κ2) is 6.07. The van der Waals surface area contributed by atoms with Crippen LogP contribution in [0.1, 0.15) is 44.9 Å². The highest BCUT2D eigenvalue weighted by molar-refractivity contribution is 6.74. The Kier molecular flexibility index (Phi) is 5.01. The average Bonchev–Trinajstić information content (AvgIpc) is 2.18. The third-order valence-corrected chi connectivity index (χ3v) is 2.87. The summed E-state index contributed by atoms with van der Waals surface area (Å²) in [6.07, 6.45) is 6.80. The highest BCUT2D eigenvalue weighted by atomic mass is 16.3. The molecule has 4 heteroatoms. The molecule has 1 radical (unpaired) electrons. The zero-order chi connectivity index (χ0) is 10.4. The third kappa shape index (κ3) is 4.65. The molecule has 3 nitrogen and oxygen atoms in total. The highest BCUT2D eigenvalue weighted by Crippen LogP contribution is 2.25. The molecule has 1 fully saturated rings. The third-order valence-electron chi connectivity index (χ3n) is 2.87. The number of amides is 1. The molecule has 0 aromatic rings. The largest absolute Gasteiger partial charge is 0.393 e. The Bertz CT molecular complexity index is 187. The first-order valence-electron chi connectivity index (χ1n) is 5.51. The van der Waals surface area contributed by atoms with E-state index in [1.165, 1.54) is 0 Å². The summed E-state index contributed by atoms with van der Waals surface area (Å²) < 4.78 is 0. The molecule has 3 N–H and O–H groups in total. The lowest BCUT2D eigenvalue weighted by Crippen LogP contribution is -2.22. The summed E-state index contributed by atoms with van der Waals surface area (Å²) in [7, 11) is 1.64. The maximum atomic E-state index is 10.7. The van der Waals surface area contributed by atoms with E-state index in [2.05, 4.69) is 0 Å². The topological polar surface area (TPSA) is 63.3 Å². The molecular weight excluding hydrogens is 177 g/mol. The fraction of sp³-hybridized carbons (Fsp3) is 0.900. The number of primary amides is 1. The fourth-order valence-corrected chi connectivity index (χ4v) is 2.09. The van der Waals surface area contributed by atoms with Crippen LogP contribution in [0.5, 0.6) is 0 Å². The van der Waals surface area contributed by atoms with Crippen molar-refractivity contribution in [2.75, 3.05) is 0 Å². The molecule has 14 heavy (non-hydrogen) atoms. The summed E-state index contributed by atoms with van der Waals surface area (Å²) in [5, 5.41) is 9.51. The lowest BCUT2D eigenvalue weighted by Gasteiger charge is -2.11. The zero-order valence-electron chi connectivity index (χ0n) is 8.61. The minimum absolute atomic E-state index is 0.137. The summed E-state index contributed by atoms with van der Waals surface area (Å²) in [5.74, 6) is 0.0209. The van der Waals surface area contributed by atoms with E-state index in [1.807, 2.05) is 0 Å². The van der Waals surface area contributed by atoms with Crippen molar-refractivity contribution in [2.24, 2.45) is 5.73 Å². The minimum atomic E-state index is -0.310. The Balaban J connectivity index is 2.33. The Morgan fingerprint density at radius 1 is 1.14 bits per heavy atom. The molecule has 2 atom stereocenters. The van der Waals surface area contributed by atoms with Gasteiger partial charge in [0.2, 0.25) is 7.28 Å². The summed E-state index contributed by atoms with van der Waals surface area (Å²) in [6, 6.07) is 0. The van der Waals surface area contributed by atoms with Gasteiger partial charge in [-0.15, -0.1) is 0 Å². The molecule has 1 saturated carbocycles. The van der Waals surface area contributed by atoms with Gasteiger partial charge in [-0.05, 0) is 12.8 Å². The fourth-order valence-electron chi connectivity index (χ4n) is 2.09. The van der Waals surface area contributed by atoms with Crippen LogP contribution in [0.25, 0.3) is 0 Å². The molecule has 0 spiro atoms. The van der Waals surface area contributed by atoms with Gasteiger partial charge in [0.1, 0.15) is 0 Å². The van der Waals surface area contributed by atoms with E-state index in [-0.39, 0.29) is 11.9 Å². The van der Waals surface area contributed by atoms with Gasteiger partial charge in [0.15, 0.2) is 5.81 Å². The van der Waals surface area contributed by atoms with Gasteiger partial charge in [0.05, 0.1) is 6.10 Å². The van der Waals surface area contributed by atoms with Crippen molar-refractivity contribution in [2.45, 2.75) is 56.9 Å². The molecule has 0 aromatic carbocycles. The minimum Gasteiger partial charge on any atom is -0.393 e. The van der Waals surface area contributed by atoms with Gasteiger partial charge >= 0.3 is 0 Å². The number of rotatable bonds is 2. The monoisotopic (exact) mass is 196 g/mol. The zero-order valence-corrected chi connectivity index (χ0v) is 8.61. The second-order valence-electron chi connectivity index (χ2n) is 4.20. The van der Waals surface area contributed by atoms with Gasteiger partial charge in [0.25, 0.3) is 0 Å². The number of hydrogen-bond donors (Lipinski definition) is 2. The predicted octanol–water partition coefficient (Wildman–Crippen LogP) is 1.66. The Hall–Kier alpha value is -0.505. The first-order chi connectivity index (χ1) is 6.68. The van der Waals surface area contributed by atoms with Crippen LogP contribution in [-0.4, -0.2) is 24.3 Å². The van der Waals surface area contributed by atoms with Crippen molar-refractivity contribution >= 4 is 13.1 Å². The first-order valence-corrected chi connectivity index (χ1v) is 5.51. The average molecular weight is 196 g/mol. The van der Waals surface area contributed by atoms with Gasteiger partial charge < -0.3 is 10.8 Å². The van der Waals surface area contributed by atoms with E-state index in [1.54, 1.807) is 7.28 Å². The van der Waals surface area contributed by atoms with Crippen molar-refractivity contribution in [3.63, 3.8) is 0 Å². The Morgan fingerprint density at radius 3 is 2.43 bits per heavy atom. The number of carbonyl (C=O) groups excluding carboxylic acids is 1. The molecule has 0 aliphatic heterocycles. The van der Waals surface area contributed by atoms with Crippen molar-refractivity contribution in [3.05, 3.63) is 0 Å². The smallest absolute Gasteiger partial charge is 0.235 e. The molecule has 1 aliphatic carbocycles. The maximum absolute atomic E-state index is 10.7. The number of hydrogen-bond acceptors (Lipinski definition) is 2. The molecule has 0 heterocycles. The number of nitrogens with two attached hydrogens (primary N) is 1. The predicted molar refractivity (Wildman–Crippen MR) is 57.4 cm³/mol. The van der Waals surface area contributed by atoms with Gasteiger partial charge in [-0.2, -0.15) is 0 Å². The van der Waals surface area contributed by atoms with Gasteiger partial charge in [-0.25, -0.2) is 0 Å². The quantitative estimate of drug-likeness (QED) is 0.659. The van der Waals surface area contributed by atoms with Crippen LogP contribution in [-0.2, 0) is 0 Å². The Morgan fingerprint density at radius 2 is 1.71 bits per heavy atom. The van der Waals surface area contributed by atoms with Gasteiger partial charge in [0, 0.05) is 0 Å². The molecule has 79 valence electrons. The maximum Gasteiger partial charge on any atom is 0.235 e. The molecule has 2 unspecified atom stereocenters. The standard InChI is InChI=1S/C10H19BNO2/c12-10(14)11-8-4-1-2-6-9(13)7-3-5-8/h8-9,13H,1-7H2,(H2,12,14). The lowest BCUT2D eigenvalue weighted by molar-refractivity contribution is 0.150. The van der Waals surface area contributed by atoms with Crippen LogP contribution in [0.4, 0.5) is 4.79 Å². The number of aliphatic hydroxyl groups excluding tert-OH is 1. The molecular formula is C10H19BNO2. The van der Waals surface area contributed by atoms with E-state index in [9.17, 15) is 9.90 Å². The summed E-state index contributed by atoms with van der Waals surface area (Å²) in [5.41, 5.74) is 5.14. The molecule has 1 aliphatic rings. The van der Waals surface area contributed by atoms with Crippen LogP contribution in [0.15, 0.2) is 0 Å². The van der Waals surface area contributed by atoms with E-state index < -0.39 is 0 Å². The van der Waals surface area contributed by atoms with E-state index in [0.717, 1.165) is 44.9 Å². The number of aliphatic hydroxyl groups is 1. The van der Waals surface area contributed by atoms with Crippen LogP contribution in [0.3, 0.4) is 0 Å². The van der Waals surface area contributed by atoms with Crippen LogP contribution < -0.4 is 5.73 Å². The summed E-state index contributed by atoms with van der Waals surface area (Å²) in [4.78, 5) is 10.7. The second-order valence-corrected chi connectivity index (χ2v) is 4.20. The van der Waals surface area contributed by atoms with Crippen molar-refractivity contribution in [3.8, 4) is 0 Å². The molecule has 0 bridgehead atoms. The van der Waals surface area contributed by atoms with E-state index in [0.29, 0.717) is 5.82 Å². The van der Waals surface area contributed by atoms with Crippen molar-refractivity contribution < 1.29 is 9.90 Å². The van der Waals surface area contributed by atoms with Crippen LogP contribution >= 0.6 is 0 Å². The molecule has 0 saturated heterocycles. The van der Waals surface area contributed by atoms with Crippen molar-refractivity contribution in [1.29, 1.82) is 0 Å². The van der Waals surface area contributed by atoms with E-state index in [4.69, 9.17) is 5.73 Å². The first kappa shape index (κ1) is 11.6. The highest BCUT2D eigenvalue weighted by Gasteiger charge is 2.16. The van der Waals surface area contributed by atoms with E-state index >= 15 is 0 Å².